The van der Waals surface area contributed by atoms with Gasteiger partial charge in [-0.3, -0.25) is 4.79 Å². The molecule has 0 heterocycles. The van der Waals surface area contributed by atoms with Crippen LogP contribution in [0.4, 0.5) is 5.69 Å². The topological polar surface area (TPSA) is 55.4 Å². The molecule has 1 saturated carbocycles. The lowest BCUT2D eigenvalue weighted by atomic mass is 10.2. The van der Waals surface area contributed by atoms with E-state index in [1.165, 1.54) is 25.7 Å². The second kappa shape index (κ2) is 8.08. The average Bonchev–Trinajstić information content (AvgIpc) is 2.99. The van der Waals surface area contributed by atoms with E-state index >= 15 is 0 Å². The third-order valence-corrected chi connectivity index (χ3v) is 4.80. The first-order chi connectivity index (χ1) is 10.2. The SMILES string of the molecule is CCOC(=O)c1ccc(NC(=O)CSC2CCCC2)cc1. The molecule has 0 aromatic heterocycles. The van der Waals surface area contributed by atoms with Crippen LogP contribution in [0.25, 0.3) is 0 Å². The maximum Gasteiger partial charge on any atom is 0.338 e. The van der Waals surface area contributed by atoms with Crippen molar-refractivity contribution < 1.29 is 14.3 Å². The van der Waals surface area contributed by atoms with Crippen LogP contribution in [-0.2, 0) is 9.53 Å². The van der Waals surface area contributed by atoms with E-state index < -0.39 is 0 Å². The zero-order valence-electron chi connectivity index (χ0n) is 12.3. The lowest BCUT2D eigenvalue weighted by Gasteiger charge is -2.09. The molecule has 1 aromatic carbocycles. The van der Waals surface area contributed by atoms with Crippen LogP contribution in [0.5, 0.6) is 0 Å². The fourth-order valence-electron chi connectivity index (χ4n) is 2.35. The fourth-order valence-corrected chi connectivity index (χ4v) is 3.48. The van der Waals surface area contributed by atoms with Gasteiger partial charge in [0, 0.05) is 10.9 Å². The van der Waals surface area contributed by atoms with Crippen molar-refractivity contribution in [1.29, 1.82) is 0 Å². The average molecular weight is 307 g/mol. The van der Waals surface area contributed by atoms with Crippen LogP contribution in [0.3, 0.4) is 0 Å². The molecule has 4 nitrogen and oxygen atoms in total. The highest BCUT2D eigenvalue weighted by molar-refractivity contribution is 8.00. The summed E-state index contributed by atoms with van der Waals surface area (Å²) >= 11 is 1.74. The number of hydrogen-bond donors (Lipinski definition) is 1. The molecule has 2 rings (SSSR count). The Kier molecular flexibility index (Phi) is 6.11. The first-order valence-corrected chi connectivity index (χ1v) is 8.42. The summed E-state index contributed by atoms with van der Waals surface area (Å²) in [5.41, 5.74) is 1.20. The lowest BCUT2D eigenvalue weighted by Crippen LogP contribution is -2.16. The molecular weight excluding hydrogens is 286 g/mol. The summed E-state index contributed by atoms with van der Waals surface area (Å²) in [5.74, 6) is 0.160. The minimum absolute atomic E-state index is 0.00999. The van der Waals surface area contributed by atoms with Crippen LogP contribution in [-0.4, -0.2) is 29.5 Å². The minimum Gasteiger partial charge on any atom is -0.462 e. The Morgan fingerprint density at radius 3 is 2.52 bits per heavy atom. The first kappa shape index (κ1) is 15.9. The highest BCUT2D eigenvalue weighted by atomic mass is 32.2. The molecule has 1 N–H and O–H groups in total. The summed E-state index contributed by atoms with van der Waals surface area (Å²) in [6, 6.07) is 6.78. The molecule has 0 spiro atoms. The Morgan fingerprint density at radius 1 is 1.24 bits per heavy atom. The van der Waals surface area contributed by atoms with E-state index in [4.69, 9.17) is 4.74 Å². The molecule has 0 unspecified atom stereocenters. The minimum atomic E-state index is -0.341. The summed E-state index contributed by atoms with van der Waals surface area (Å²) in [5, 5.41) is 3.49. The predicted octanol–water partition coefficient (Wildman–Crippen LogP) is 3.48. The van der Waals surface area contributed by atoms with Crippen molar-refractivity contribution in [2.24, 2.45) is 0 Å². The Bertz CT molecular complexity index is 481. The van der Waals surface area contributed by atoms with Crippen LogP contribution < -0.4 is 5.32 Å². The van der Waals surface area contributed by atoms with Crippen molar-refractivity contribution in [3.05, 3.63) is 29.8 Å². The molecule has 0 atom stereocenters. The lowest BCUT2D eigenvalue weighted by molar-refractivity contribution is -0.113. The van der Waals surface area contributed by atoms with Gasteiger partial charge in [-0.25, -0.2) is 4.79 Å². The van der Waals surface area contributed by atoms with Crippen LogP contribution in [0, 0.1) is 0 Å². The van der Waals surface area contributed by atoms with Gasteiger partial charge in [-0.05, 0) is 44.0 Å². The van der Waals surface area contributed by atoms with Crippen molar-refractivity contribution in [3.8, 4) is 0 Å². The van der Waals surface area contributed by atoms with Gasteiger partial charge in [-0.2, -0.15) is 0 Å². The smallest absolute Gasteiger partial charge is 0.338 e. The van der Waals surface area contributed by atoms with Crippen molar-refractivity contribution in [1.82, 2.24) is 0 Å². The second-order valence-corrected chi connectivity index (χ2v) is 6.35. The van der Waals surface area contributed by atoms with Gasteiger partial charge in [-0.1, -0.05) is 12.8 Å². The number of ether oxygens (including phenoxy) is 1. The molecule has 0 aliphatic heterocycles. The maximum atomic E-state index is 11.9. The highest BCUT2D eigenvalue weighted by Gasteiger charge is 2.16. The first-order valence-electron chi connectivity index (χ1n) is 7.37. The van der Waals surface area contributed by atoms with Crippen LogP contribution in [0.15, 0.2) is 24.3 Å². The van der Waals surface area contributed by atoms with Crippen molar-refractivity contribution in [2.45, 2.75) is 37.9 Å². The molecule has 5 heteroatoms. The monoisotopic (exact) mass is 307 g/mol. The Labute approximate surface area is 129 Å². The van der Waals surface area contributed by atoms with Gasteiger partial charge < -0.3 is 10.1 Å². The molecule has 1 aliphatic rings. The van der Waals surface area contributed by atoms with E-state index in [1.807, 2.05) is 0 Å². The predicted molar refractivity (Wildman–Crippen MR) is 85.7 cm³/mol. The maximum absolute atomic E-state index is 11.9. The number of rotatable bonds is 6. The number of esters is 1. The molecule has 1 amide bonds. The van der Waals surface area contributed by atoms with E-state index in [-0.39, 0.29) is 11.9 Å². The van der Waals surface area contributed by atoms with E-state index in [1.54, 1.807) is 43.0 Å². The van der Waals surface area contributed by atoms with Gasteiger partial charge in [-0.15, -0.1) is 11.8 Å². The summed E-state index contributed by atoms with van der Waals surface area (Å²) < 4.78 is 4.91. The number of benzene rings is 1. The summed E-state index contributed by atoms with van der Waals surface area (Å²) in [4.78, 5) is 23.4. The number of hydrogen-bond acceptors (Lipinski definition) is 4. The molecule has 0 saturated heterocycles. The Balaban J connectivity index is 1.79. The van der Waals surface area contributed by atoms with Crippen molar-refractivity contribution in [3.63, 3.8) is 0 Å². The normalized spacial score (nSPS) is 14.9. The molecule has 21 heavy (non-hydrogen) atoms. The molecule has 0 radical (unpaired) electrons. The van der Waals surface area contributed by atoms with Crippen molar-refractivity contribution in [2.75, 3.05) is 17.7 Å². The van der Waals surface area contributed by atoms with Crippen LogP contribution >= 0.6 is 11.8 Å². The van der Waals surface area contributed by atoms with Crippen LogP contribution in [0.2, 0.25) is 0 Å². The molecule has 114 valence electrons. The Hall–Kier alpha value is -1.49. The van der Waals surface area contributed by atoms with Gasteiger partial charge in [0.05, 0.1) is 17.9 Å². The third-order valence-electron chi connectivity index (χ3n) is 3.43. The standard InChI is InChI=1S/C16H21NO3S/c1-2-20-16(19)12-7-9-13(10-8-12)17-15(18)11-21-14-5-3-4-6-14/h7-10,14H,2-6,11H2,1H3,(H,17,18). The third kappa shape index (κ3) is 5.08. The van der Waals surface area contributed by atoms with Gasteiger partial charge in [0.15, 0.2) is 0 Å². The van der Waals surface area contributed by atoms with Gasteiger partial charge in [0.25, 0.3) is 0 Å². The van der Waals surface area contributed by atoms with Crippen LogP contribution in [0.1, 0.15) is 43.0 Å². The number of nitrogens with one attached hydrogen (secondary N) is 1. The number of amides is 1. The zero-order valence-corrected chi connectivity index (χ0v) is 13.1. The summed E-state index contributed by atoms with van der Waals surface area (Å²) in [7, 11) is 0. The number of anilines is 1. The molecule has 1 fully saturated rings. The number of thioether (sulfide) groups is 1. The van der Waals surface area contributed by atoms with E-state index in [2.05, 4.69) is 5.32 Å². The fraction of sp³-hybridized carbons (Fsp3) is 0.500. The van der Waals surface area contributed by atoms with E-state index in [0.29, 0.717) is 28.9 Å². The second-order valence-electron chi connectivity index (χ2n) is 5.06. The molecule has 1 aromatic rings. The Morgan fingerprint density at radius 2 is 1.90 bits per heavy atom. The zero-order chi connectivity index (χ0) is 15.1. The van der Waals surface area contributed by atoms with Gasteiger partial charge in [0.2, 0.25) is 5.91 Å². The number of carbonyl (C=O) groups is 2. The quantitative estimate of drug-likeness (QED) is 0.818. The highest BCUT2D eigenvalue weighted by Crippen LogP contribution is 2.29. The van der Waals surface area contributed by atoms with Gasteiger partial charge >= 0.3 is 5.97 Å². The molecular formula is C16H21NO3S. The number of carbonyl (C=O) groups excluding carboxylic acids is 2. The van der Waals surface area contributed by atoms with Gasteiger partial charge in [0.1, 0.15) is 0 Å². The molecule has 1 aliphatic carbocycles. The van der Waals surface area contributed by atoms with Crippen molar-refractivity contribution >= 4 is 29.3 Å². The molecule has 0 bridgehead atoms. The summed E-state index contributed by atoms with van der Waals surface area (Å²) in [6.45, 7) is 2.13. The largest absolute Gasteiger partial charge is 0.462 e. The van der Waals surface area contributed by atoms with E-state index in [0.717, 1.165) is 0 Å². The summed E-state index contributed by atoms with van der Waals surface area (Å²) in [6.07, 6.45) is 5.03. The van der Waals surface area contributed by atoms with E-state index in [9.17, 15) is 9.59 Å².